The van der Waals surface area contributed by atoms with Crippen LogP contribution in [0.2, 0.25) is 5.02 Å². The maximum absolute atomic E-state index is 14.2. The average Bonchev–Trinajstić information content (AvgIpc) is 3.18. The maximum atomic E-state index is 14.2. The molecule has 138 valence electrons. The molecule has 0 radical (unpaired) electrons. The van der Waals surface area contributed by atoms with Gasteiger partial charge in [-0.1, -0.05) is 11.6 Å². The van der Waals surface area contributed by atoms with Gasteiger partial charge in [-0.3, -0.25) is 4.79 Å². The fourth-order valence-corrected chi connectivity index (χ4v) is 3.80. The van der Waals surface area contributed by atoms with Gasteiger partial charge in [-0.15, -0.1) is 0 Å². The number of methoxy groups -OCH3 is 2. The van der Waals surface area contributed by atoms with Crippen LogP contribution in [0, 0.1) is 5.82 Å². The van der Waals surface area contributed by atoms with Crippen LogP contribution in [0.1, 0.15) is 16.8 Å². The minimum atomic E-state index is -0.620. The van der Waals surface area contributed by atoms with Crippen molar-refractivity contribution in [3.05, 3.63) is 46.7 Å². The van der Waals surface area contributed by atoms with Crippen molar-refractivity contribution < 1.29 is 18.7 Å². The van der Waals surface area contributed by atoms with E-state index in [0.29, 0.717) is 22.9 Å². The molecule has 5 nitrogen and oxygen atoms in total. The van der Waals surface area contributed by atoms with Gasteiger partial charge < -0.3 is 19.1 Å². The molecule has 1 heterocycles. The van der Waals surface area contributed by atoms with E-state index in [4.69, 9.17) is 21.1 Å². The molecule has 0 saturated carbocycles. The monoisotopic (exact) mass is 396 g/mol. The van der Waals surface area contributed by atoms with Crippen molar-refractivity contribution >= 4 is 40.8 Å². The topological polar surface area (TPSA) is 50.8 Å². The maximum Gasteiger partial charge on any atom is 0.257 e. The molecule has 2 aromatic carbocycles. The van der Waals surface area contributed by atoms with Gasteiger partial charge in [0.25, 0.3) is 5.91 Å². The molecule has 0 bridgehead atoms. The molecule has 1 fully saturated rings. The van der Waals surface area contributed by atoms with Crippen molar-refractivity contribution in [3.8, 4) is 11.5 Å². The lowest BCUT2D eigenvalue weighted by atomic mass is 10.1. The number of benzene rings is 2. The van der Waals surface area contributed by atoms with E-state index in [9.17, 15) is 9.18 Å². The summed E-state index contributed by atoms with van der Waals surface area (Å²) >= 11 is 7.64. The van der Waals surface area contributed by atoms with E-state index in [1.165, 1.54) is 20.3 Å². The largest absolute Gasteiger partial charge is 0.497 e. The fraction of sp³-hybridized carbons (Fsp3) is 0.278. The van der Waals surface area contributed by atoms with Crippen LogP contribution in [0.4, 0.5) is 15.8 Å². The zero-order valence-electron chi connectivity index (χ0n) is 14.3. The molecule has 0 aromatic heterocycles. The summed E-state index contributed by atoms with van der Waals surface area (Å²) in [5, 5.41) is 2.51. The molecule has 1 amide bonds. The van der Waals surface area contributed by atoms with Crippen LogP contribution in [0.5, 0.6) is 11.5 Å². The summed E-state index contributed by atoms with van der Waals surface area (Å²) in [6, 6.07) is 7.94. The highest BCUT2D eigenvalue weighted by Gasteiger charge is 2.21. The molecule has 1 saturated heterocycles. The zero-order valence-corrected chi connectivity index (χ0v) is 15.9. The van der Waals surface area contributed by atoms with Crippen LogP contribution >= 0.6 is 23.5 Å². The van der Waals surface area contributed by atoms with Crippen molar-refractivity contribution in [2.75, 3.05) is 36.1 Å². The molecule has 8 heteroatoms. The standard InChI is InChI=1S/C18H18ClFN2O3S/c1-24-13-6-11(7-14(10-13)25-2)21-18(23)15-8-12(9-16(20)17(15)19)22-4-3-5-26-22/h6-10H,3-5H2,1-2H3,(H,21,23). The molecular formula is C18H18ClFN2O3S. The number of rotatable bonds is 5. The Hall–Kier alpha value is -2.12. The Morgan fingerprint density at radius 3 is 2.46 bits per heavy atom. The Labute approximate surface area is 160 Å². The van der Waals surface area contributed by atoms with Crippen molar-refractivity contribution in [3.63, 3.8) is 0 Å². The second-order valence-electron chi connectivity index (χ2n) is 5.63. The summed E-state index contributed by atoms with van der Waals surface area (Å²) in [7, 11) is 3.04. The van der Waals surface area contributed by atoms with Gasteiger partial charge in [0.2, 0.25) is 0 Å². The highest BCUT2D eigenvalue weighted by molar-refractivity contribution is 8.00. The number of carbonyl (C=O) groups excluding carboxylic acids is 1. The number of amides is 1. The van der Waals surface area contributed by atoms with E-state index < -0.39 is 11.7 Å². The van der Waals surface area contributed by atoms with E-state index >= 15 is 0 Å². The van der Waals surface area contributed by atoms with Gasteiger partial charge in [0.15, 0.2) is 0 Å². The van der Waals surface area contributed by atoms with Crippen molar-refractivity contribution in [1.82, 2.24) is 0 Å². The van der Waals surface area contributed by atoms with Crippen LogP contribution in [0.25, 0.3) is 0 Å². The third kappa shape index (κ3) is 3.99. The normalized spacial score (nSPS) is 13.6. The summed E-state index contributed by atoms with van der Waals surface area (Å²) in [4.78, 5) is 12.7. The van der Waals surface area contributed by atoms with Gasteiger partial charge in [-0.2, -0.15) is 0 Å². The van der Waals surface area contributed by atoms with Gasteiger partial charge >= 0.3 is 0 Å². The number of nitrogens with one attached hydrogen (secondary N) is 1. The molecule has 0 atom stereocenters. The minimum absolute atomic E-state index is 0.0796. The summed E-state index contributed by atoms with van der Waals surface area (Å²) in [6.07, 6.45) is 1.01. The Morgan fingerprint density at radius 1 is 1.19 bits per heavy atom. The lowest BCUT2D eigenvalue weighted by molar-refractivity contribution is 0.102. The highest BCUT2D eigenvalue weighted by atomic mass is 35.5. The van der Waals surface area contributed by atoms with Crippen LogP contribution in [0.15, 0.2) is 30.3 Å². The van der Waals surface area contributed by atoms with Gasteiger partial charge in [0, 0.05) is 36.2 Å². The number of nitrogens with zero attached hydrogens (tertiary/aromatic N) is 1. The van der Waals surface area contributed by atoms with E-state index in [2.05, 4.69) is 5.32 Å². The number of hydrogen-bond donors (Lipinski definition) is 1. The number of ether oxygens (including phenoxy) is 2. The van der Waals surface area contributed by atoms with Crippen molar-refractivity contribution in [1.29, 1.82) is 0 Å². The molecule has 1 aliphatic heterocycles. The van der Waals surface area contributed by atoms with Crippen molar-refractivity contribution in [2.45, 2.75) is 6.42 Å². The van der Waals surface area contributed by atoms with Crippen LogP contribution in [0.3, 0.4) is 0 Å². The lowest BCUT2D eigenvalue weighted by Crippen LogP contribution is -2.16. The Bertz CT molecular complexity index is 806. The molecule has 1 aliphatic rings. The van der Waals surface area contributed by atoms with E-state index in [1.807, 2.05) is 4.31 Å². The predicted octanol–water partition coefficient (Wildman–Crippen LogP) is 4.61. The minimum Gasteiger partial charge on any atom is -0.497 e. The first-order valence-corrected chi connectivity index (χ1v) is 9.28. The van der Waals surface area contributed by atoms with Gasteiger partial charge in [-0.05, 0) is 30.5 Å². The summed E-state index contributed by atoms with van der Waals surface area (Å²) in [5.41, 5.74) is 1.17. The quantitative estimate of drug-likeness (QED) is 0.748. The third-order valence-electron chi connectivity index (χ3n) is 3.91. The number of carbonyl (C=O) groups is 1. The molecule has 2 aromatic rings. The van der Waals surface area contributed by atoms with Crippen molar-refractivity contribution in [2.24, 2.45) is 0 Å². The van der Waals surface area contributed by atoms with E-state index in [1.54, 1.807) is 36.2 Å². The number of halogens is 2. The molecule has 0 aliphatic carbocycles. The summed E-state index contributed by atoms with van der Waals surface area (Å²) < 4.78 is 26.6. The Balaban J connectivity index is 1.90. The molecule has 0 unspecified atom stereocenters. The van der Waals surface area contributed by atoms with Gasteiger partial charge in [0.05, 0.1) is 30.5 Å². The molecule has 1 N–H and O–H groups in total. The van der Waals surface area contributed by atoms with Gasteiger partial charge in [0.1, 0.15) is 17.3 Å². The molecule has 26 heavy (non-hydrogen) atoms. The zero-order chi connectivity index (χ0) is 18.7. The summed E-state index contributed by atoms with van der Waals surface area (Å²) in [6.45, 7) is 0.805. The Kier molecular flexibility index (Phi) is 5.78. The first-order valence-electron chi connectivity index (χ1n) is 7.95. The van der Waals surface area contributed by atoms with Crippen LogP contribution < -0.4 is 19.1 Å². The molecular weight excluding hydrogens is 379 g/mol. The van der Waals surface area contributed by atoms with Gasteiger partial charge in [-0.25, -0.2) is 4.39 Å². The van der Waals surface area contributed by atoms with Crippen LogP contribution in [-0.2, 0) is 0 Å². The Morgan fingerprint density at radius 2 is 1.88 bits per heavy atom. The highest BCUT2D eigenvalue weighted by Crippen LogP contribution is 2.34. The second kappa shape index (κ2) is 8.05. The molecule has 0 spiro atoms. The molecule has 3 rings (SSSR count). The third-order valence-corrected chi connectivity index (χ3v) is 5.47. The first-order chi connectivity index (χ1) is 12.5. The lowest BCUT2D eigenvalue weighted by Gasteiger charge is -2.18. The smallest absolute Gasteiger partial charge is 0.257 e. The first kappa shape index (κ1) is 18.7. The van der Waals surface area contributed by atoms with Crippen LogP contribution in [-0.4, -0.2) is 32.4 Å². The fourth-order valence-electron chi connectivity index (χ4n) is 2.61. The summed E-state index contributed by atoms with van der Waals surface area (Å²) in [5.74, 6) is 0.897. The van der Waals surface area contributed by atoms with E-state index in [0.717, 1.165) is 18.7 Å². The predicted molar refractivity (Wildman–Crippen MR) is 103 cm³/mol. The SMILES string of the molecule is COc1cc(NC(=O)c2cc(N3CCCS3)cc(F)c2Cl)cc(OC)c1. The number of anilines is 2. The average molecular weight is 397 g/mol. The second-order valence-corrected chi connectivity index (χ2v) is 7.12. The number of hydrogen-bond acceptors (Lipinski definition) is 5. The van der Waals surface area contributed by atoms with E-state index in [-0.39, 0.29) is 10.6 Å².